The van der Waals surface area contributed by atoms with Crippen molar-refractivity contribution in [3.05, 3.63) is 102 Å². The lowest BCUT2D eigenvalue weighted by atomic mass is 10.1. The summed E-state index contributed by atoms with van der Waals surface area (Å²) in [6.45, 7) is 7.28. The summed E-state index contributed by atoms with van der Waals surface area (Å²) < 4.78 is 10.6. The van der Waals surface area contributed by atoms with Gasteiger partial charge in [0.1, 0.15) is 11.6 Å². The molecular formula is C30H33N5O3. The zero-order valence-corrected chi connectivity index (χ0v) is 21.5. The monoisotopic (exact) mass is 511 g/mol. The van der Waals surface area contributed by atoms with Crippen molar-refractivity contribution in [2.24, 2.45) is 10.7 Å². The molecule has 4 N–H and O–H groups in total. The zero-order valence-electron chi connectivity index (χ0n) is 21.5. The highest BCUT2D eigenvalue weighted by Gasteiger charge is 2.10. The first-order valence-corrected chi connectivity index (χ1v) is 12.4. The molecule has 8 nitrogen and oxygen atoms in total. The van der Waals surface area contributed by atoms with Crippen LogP contribution in [0.4, 0.5) is 17.1 Å². The lowest BCUT2D eigenvalue weighted by Crippen LogP contribution is -2.36. The SMILES string of the molecule is C=C(/N=C\C=C(/N)c1ccc(NC(=O)Cc2ccc(OC)cc2)cc1)Nc1ccc(N2CCOCC2)cc1. The number of morpholine rings is 1. The van der Waals surface area contributed by atoms with Crippen LogP contribution in [0, 0.1) is 0 Å². The summed E-state index contributed by atoms with van der Waals surface area (Å²) in [7, 11) is 1.61. The first-order valence-electron chi connectivity index (χ1n) is 12.4. The van der Waals surface area contributed by atoms with Crippen LogP contribution in [0.25, 0.3) is 5.70 Å². The van der Waals surface area contributed by atoms with E-state index in [2.05, 4.69) is 39.2 Å². The molecule has 3 aromatic rings. The fraction of sp³-hybridized carbons (Fsp3) is 0.200. The maximum Gasteiger partial charge on any atom is 0.228 e. The van der Waals surface area contributed by atoms with E-state index in [0.717, 1.165) is 48.9 Å². The molecule has 1 aliphatic heterocycles. The molecule has 8 heteroatoms. The van der Waals surface area contributed by atoms with Crippen molar-refractivity contribution in [3.63, 3.8) is 0 Å². The topological polar surface area (TPSA) is 101 Å². The second-order valence-electron chi connectivity index (χ2n) is 8.77. The Labute approximate surface area is 223 Å². The van der Waals surface area contributed by atoms with Crippen LogP contribution in [0.2, 0.25) is 0 Å². The van der Waals surface area contributed by atoms with Gasteiger partial charge >= 0.3 is 0 Å². The van der Waals surface area contributed by atoms with Gasteiger partial charge in [0.05, 0.1) is 26.7 Å². The lowest BCUT2D eigenvalue weighted by Gasteiger charge is -2.28. The second-order valence-corrected chi connectivity index (χ2v) is 8.77. The summed E-state index contributed by atoms with van der Waals surface area (Å²) in [5.41, 5.74) is 11.3. The van der Waals surface area contributed by atoms with Gasteiger partial charge in [0.25, 0.3) is 0 Å². The number of nitrogens with zero attached hydrogens (tertiary/aromatic N) is 2. The molecule has 1 fully saturated rings. The Bertz CT molecular complexity index is 1280. The van der Waals surface area contributed by atoms with Gasteiger partial charge in [-0.25, -0.2) is 4.99 Å². The quantitative estimate of drug-likeness (QED) is 0.342. The minimum atomic E-state index is -0.0969. The van der Waals surface area contributed by atoms with Crippen LogP contribution in [0.5, 0.6) is 5.75 Å². The van der Waals surface area contributed by atoms with Gasteiger partial charge in [-0.3, -0.25) is 4.79 Å². The number of ether oxygens (including phenoxy) is 2. The summed E-state index contributed by atoms with van der Waals surface area (Å²) in [5.74, 6) is 1.17. The average Bonchev–Trinajstić information content (AvgIpc) is 2.94. The van der Waals surface area contributed by atoms with E-state index in [1.54, 1.807) is 19.4 Å². The van der Waals surface area contributed by atoms with Crippen molar-refractivity contribution in [3.8, 4) is 5.75 Å². The Morgan fingerprint density at radius 3 is 2.29 bits per heavy atom. The van der Waals surface area contributed by atoms with Gasteiger partial charge in [-0.05, 0) is 65.7 Å². The predicted octanol–water partition coefficient (Wildman–Crippen LogP) is 4.67. The summed E-state index contributed by atoms with van der Waals surface area (Å²) in [5, 5.41) is 6.09. The van der Waals surface area contributed by atoms with Gasteiger partial charge in [0, 0.05) is 42.1 Å². The number of nitrogens with two attached hydrogens (primary N) is 1. The number of hydrogen-bond acceptors (Lipinski definition) is 7. The summed E-state index contributed by atoms with van der Waals surface area (Å²) >= 11 is 0. The number of amides is 1. The fourth-order valence-corrected chi connectivity index (χ4v) is 3.96. The van der Waals surface area contributed by atoms with E-state index < -0.39 is 0 Å². The molecular weight excluding hydrogens is 478 g/mol. The predicted molar refractivity (Wildman–Crippen MR) is 155 cm³/mol. The van der Waals surface area contributed by atoms with Crippen molar-refractivity contribution in [2.45, 2.75) is 6.42 Å². The Kier molecular flexibility index (Phi) is 9.15. The van der Waals surface area contributed by atoms with Gasteiger partial charge < -0.3 is 30.7 Å². The van der Waals surface area contributed by atoms with Crippen LogP contribution in [0.15, 0.2) is 96.3 Å². The molecule has 0 unspecified atom stereocenters. The van der Waals surface area contributed by atoms with Gasteiger partial charge in [0.2, 0.25) is 5.91 Å². The molecule has 1 amide bonds. The number of aliphatic imine (C=N–C) groups is 1. The van der Waals surface area contributed by atoms with Gasteiger partial charge in [-0.1, -0.05) is 30.8 Å². The average molecular weight is 512 g/mol. The van der Waals surface area contributed by atoms with Crippen LogP contribution < -0.4 is 26.0 Å². The Balaban J connectivity index is 1.25. The van der Waals surface area contributed by atoms with Gasteiger partial charge in [-0.2, -0.15) is 0 Å². The third kappa shape index (κ3) is 7.72. The number of methoxy groups -OCH3 is 1. The molecule has 0 spiro atoms. The highest BCUT2D eigenvalue weighted by atomic mass is 16.5. The minimum absolute atomic E-state index is 0.0969. The van der Waals surface area contributed by atoms with Crippen molar-refractivity contribution in [1.29, 1.82) is 0 Å². The minimum Gasteiger partial charge on any atom is -0.497 e. The molecule has 1 saturated heterocycles. The van der Waals surface area contributed by atoms with E-state index in [9.17, 15) is 4.79 Å². The Morgan fingerprint density at radius 2 is 1.63 bits per heavy atom. The number of benzene rings is 3. The highest BCUT2D eigenvalue weighted by molar-refractivity contribution is 5.92. The molecule has 0 radical (unpaired) electrons. The molecule has 0 aliphatic carbocycles. The Morgan fingerprint density at radius 1 is 1.00 bits per heavy atom. The summed E-state index contributed by atoms with van der Waals surface area (Å²) in [6, 6.07) is 22.9. The normalized spacial score (nSPS) is 13.8. The van der Waals surface area contributed by atoms with E-state index >= 15 is 0 Å². The molecule has 1 heterocycles. The first-order chi connectivity index (χ1) is 18.5. The molecule has 196 valence electrons. The van der Waals surface area contributed by atoms with Crippen LogP contribution in [-0.2, 0) is 16.0 Å². The summed E-state index contributed by atoms with van der Waals surface area (Å²) in [6.07, 6.45) is 3.60. The van der Waals surface area contributed by atoms with E-state index in [4.69, 9.17) is 15.2 Å². The number of carbonyl (C=O) groups is 1. The van der Waals surface area contributed by atoms with E-state index in [-0.39, 0.29) is 12.3 Å². The van der Waals surface area contributed by atoms with Gasteiger partial charge in [-0.15, -0.1) is 0 Å². The van der Waals surface area contributed by atoms with E-state index in [0.29, 0.717) is 17.2 Å². The van der Waals surface area contributed by atoms with Gasteiger partial charge in [0.15, 0.2) is 0 Å². The van der Waals surface area contributed by atoms with E-state index in [1.807, 2.05) is 60.7 Å². The number of hydrogen-bond donors (Lipinski definition) is 3. The number of anilines is 3. The second kappa shape index (κ2) is 13.1. The standard InChI is InChI=1S/C30H33N5O3/c1-22(33-25-9-11-27(12-10-25)35-17-19-38-20-18-35)32-16-15-29(31)24-5-7-26(8-6-24)34-30(36)21-23-3-13-28(37-2)14-4-23/h3-16,33H,1,17-21,31H2,2H3,(H,34,36)/b29-15-,32-16-. The lowest BCUT2D eigenvalue weighted by molar-refractivity contribution is -0.115. The molecule has 0 bridgehead atoms. The number of allylic oxidation sites excluding steroid dienone is 1. The van der Waals surface area contributed by atoms with Crippen molar-refractivity contribution >= 4 is 34.9 Å². The molecule has 3 aromatic carbocycles. The fourth-order valence-electron chi connectivity index (χ4n) is 3.96. The largest absolute Gasteiger partial charge is 0.497 e. The van der Waals surface area contributed by atoms with E-state index in [1.165, 1.54) is 5.69 Å². The Hall–Kier alpha value is -4.56. The first kappa shape index (κ1) is 26.5. The van der Waals surface area contributed by atoms with Crippen LogP contribution in [0.3, 0.4) is 0 Å². The smallest absolute Gasteiger partial charge is 0.228 e. The summed E-state index contributed by atoms with van der Waals surface area (Å²) in [4.78, 5) is 19.0. The van der Waals surface area contributed by atoms with Crippen LogP contribution in [0.1, 0.15) is 11.1 Å². The molecule has 0 atom stereocenters. The maximum atomic E-state index is 12.4. The van der Waals surface area contributed by atoms with Crippen molar-refractivity contribution in [2.75, 3.05) is 48.9 Å². The number of carbonyl (C=O) groups excluding carboxylic acids is 1. The van der Waals surface area contributed by atoms with Crippen LogP contribution in [-0.4, -0.2) is 45.5 Å². The number of nitrogens with one attached hydrogen (secondary N) is 2. The maximum absolute atomic E-state index is 12.4. The molecule has 1 aliphatic rings. The third-order valence-electron chi connectivity index (χ3n) is 6.04. The molecule has 0 saturated carbocycles. The highest BCUT2D eigenvalue weighted by Crippen LogP contribution is 2.20. The van der Waals surface area contributed by atoms with Crippen molar-refractivity contribution < 1.29 is 14.3 Å². The van der Waals surface area contributed by atoms with Crippen molar-refractivity contribution in [1.82, 2.24) is 0 Å². The third-order valence-corrected chi connectivity index (χ3v) is 6.04. The zero-order chi connectivity index (χ0) is 26.7. The van der Waals surface area contributed by atoms with Crippen LogP contribution >= 0.6 is 0 Å². The molecule has 38 heavy (non-hydrogen) atoms. The molecule has 4 rings (SSSR count). The molecule has 0 aromatic heterocycles. The number of rotatable bonds is 10.